The van der Waals surface area contributed by atoms with Crippen molar-refractivity contribution in [1.29, 1.82) is 0 Å². The highest BCUT2D eigenvalue weighted by molar-refractivity contribution is 6.30. The monoisotopic (exact) mass is 470 g/mol. The topological polar surface area (TPSA) is 123 Å². The maximum Gasteiger partial charge on any atom is 0.328 e. The summed E-state index contributed by atoms with van der Waals surface area (Å²) in [6.45, 7) is 3.58. The van der Waals surface area contributed by atoms with Crippen LogP contribution in [0.4, 0.5) is 16.2 Å². The lowest BCUT2D eigenvalue weighted by Crippen LogP contribution is -2.44. The van der Waals surface area contributed by atoms with Crippen LogP contribution in [0.3, 0.4) is 0 Å². The lowest BCUT2D eigenvalue weighted by atomic mass is 10.0. The number of anilines is 2. The fraction of sp³-hybridized carbons (Fsp3) is 0.217. The normalized spacial score (nSPS) is 11.5. The van der Waals surface area contributed by atoms with Crippen molar-refractivity contribution >= 4 is 40.9 Å². The SMILES string of the molecule is COC(=O)[C@@H](NC(=O)c1cc(-c2ccc(NC(=O)Nc3cccc(Cl)c3)cc2)no1)C(C)C. The quantitative estimate of drug-likeness (QED) is 0.435. The Kier molecular flexibility index (Phi) is 7.68. The van der Waals surface area contributed by atoms with Gasteiger partial charge in [0, 0.05) is 28.0 Å². The van der Waals surface area contributed by atoms with Crippen LogP contribution in [-0.2, 0) is 9.53 Å². The number of nitrogens with one attached hydrogen (secondary N) is 3. The zero-order chi connectivity index (χ0) is 24.0. The molecule has 0 aliphatic rings. The van der Waals surface area contributed by atoms with Crippen LogP contribution in [0.2, 0.25) is 5.02 Å². The molecule has 0 fully saturated rings. The molecule has 0 aliphatic carbocycles. The number of carbonyl (C=O) groups is 3. The second kappa shape index (κ2) is 10.6. The molecule has 3 aromatic rings. The van der Waals surface area contributed by atoms with Crippen LogP contribution < -0.4 is 16.0 Å². The molecule has 0 spiro atoms. The van der Waals surface area contributed by atoms with E-state index in [9.17, 15) is 14.4 Å². The summed E-state index contributed by atoms with van der Waals surface area (Å²) in [5.74, 6) is -1.32. The van der Waals surface area contributed by atoms with Crippen molar-refractivity contribution in [2.45, 2.75) is 19.9 Å². The van der Waals surface area contributed by atoms with E-state index in [1.165, 1.54) is 13.2 Å². The standard InChI is InChI=1S/C23H23ClN4O5/c1-13(2)20(22(30)32-3)27-21(29)19-12-18(28-33-19)14-7-9-16(10-8-14)25-23(31)26-17-6-4-5-15(24)11-17/h4-13,20H,1-3H3,(H,27,29)(H2,25,26,31)/t20-/m0/s1. The van der Waals surface area contributed by atoms with E-state index >= 15 is 0 Å². The van der Waals surface area contributed by atoms with Crippen LogP contribution in [0, 0.1) is 5.92 Å². The van der Waals surface area contributed by atoms with Crippen molar-refractivity contribution in [3.63, 3.8) is 0 Å². The first kappa shape index (κ1) is 23.8. The van der Waals surface area contributed by atoms with Gasteiger partial charge < -0.3 is 25.2 Å². The number of halogens is 1. The van der Waals surface area contributed by atoms with Crippen molar-refractivity contribution in [2.24, 2.45) is 5.92 Å². The highest BCUT2D eigenvalue weighted by Gasteiger charge is 2.27. The third kappa shape index (κ3) is 6.33. The summed E-state index contributed by atoms with van der Waals surface area (Å²) >= 11 is 5.91. The van der Waals surface area contributed by atoms with Gasteiger partial charge in [0.2, 0.25) is 5.76 Å². The summed E-state index contributed by atoms with van der Waals surface area (Å²) in [6.07, 6.45) is 0. The van der Waals surface area contributed by atoms with Gasteiger partial charge in [-0.2, -0.15) is 0 Å². The number of ether oxygens (including phenoxy) is 1. The van der Waals surface area contributed by atoms with Crippen LogP contribution in [0.5, 0.6) is 0 Å². The summed E-state index contributed by atoms with van der Waals surface area (Å²) < 4.78 is 9.86. The number of hydrogen-bond donors (Lipinski definition) is 3. The molecular weight excluding hydrogens is 448 g/mol. The summed E-state index contributed by atoms with van der Waals surface area (Å²) in [4.78, 5) is 36.5. The molecule has 9 nitrogen and oxygen atoms in total. The zero-order valence-electron chi connectivity index (χ0n) is 18.2. The number of amides is 3. The van der Waals surface area contributed by atoms with Crippen molar-refractivity contribution < 1.29 is 23.6 Å². The fourth-order valence-corrected chi connectivity index (χ4v) is 3.13. The van der Waals surface area contributed by atoms with E-state index in [2.05, 4.69) is 21.1 Å². The molecule has 1 heterocycles. The van der Waals surface area contributed by atoms with Gasteiger partial charge in [0.15, 0.2) is 0 Å². The first-order valence-corrected chi connectivity index (χ1v) is 10.4. The molecule has 3 amide bonds. The molecule has 2 aromatic carbocycles. The minimum atomic E-state index is -0.806. The average molecular weight is 471 g/mol. The highest BCUT2D eigenvalue weighted by Crippen LogP contribution is 2.22. The highest BCUT2D eigenvalue weighted by atomic mass is 35.5. The Bertz CT molecular complexity index is 1140. The number of aromatic nitrogens is 1. The molecule has 3 rings (SSSR count). The molecule has 1 aromatic heterocycles. The third-order valence-corrected chi connectivity index (χ3v) is 4.90. The number of carbonyl (C=O) groups excluding carboxylic acids is 3. The Balaban J connectivity index is 1.62. The maximum atomic E-state index is 12.5. The Hall–Kier alpha value is -3.85. The second-order valence-corrected chi connectivity index (χ2v) is 7.90. The number of esters is 1. The van der Waals surface area contributed by atoms with Gasteiger partial charge in [0.25, 0.3) is 5.91 Å². The lowest BCUT2D eigenvalue weighted by Gasteiger charge is -2.18. The lowest BCUT2D eigenvalue weighted by molar-refractivity contribution is -0.144. The predicted octanol–water partition coefficient (Wildman–Crippen LogP) is 4.57. The van der Waals surface area contributed by atoms with Gasteiger partial charge in [-0.05, 0) is 36.2 Å². The molecule has 3 N–H and O–H groups in total. The number of benzene rings is 2. The minimum Gasteiger partial charge on any atom is -0.467 e. The van der Waals surface area contributed by atoms with E-state index < -0.39 is 23.9 Å². The van der Waals surface area contributed by atoms with E-state index in [4.69, 9.17) is 20.9 Å². The van der Waals surface area contributed by atoms with Crippen LogP contribution in [-0.4, -0.2) is 36.2 Å². The summed E-state index contributed by atoms with van der Waals surface area (Å²) in [5.41, 5.74) is 2.22. The van der Waals surface area contributed by atoms with Gasteiger partial charge in [-0.25, -0.2) is 9.59 Å². The van der Waals surface area contributed by atoms with E-state index in [1.54, 1.807) is 62.4 Å². The molecule has 1 atom stereocenters. The van der Waals surface area contributed by atoms with Crippen LogP contribution >= 0.6 is 11.6 Å². The molecule has 0 saturated heterocycles. The van der Waals surface area contributed by atoms with E-state index in [0.29, 0.717) is 27.7 Å². The molecule has 0 unspecified atom stereocenters. The van der Waals surface area contributed by atoms with E-state index in [-0.39, 0.29) is 11.7 Å². The van der Waals surface area contributed by atoms with Gasteiger partial charge in [0.05, 0.1) is 7.11 Å². The first-order valence-electron chi connectivity index (χ1n) is 10.1. The molecule has 0 aliphatic heterocycles. The number of methoxy groups -OCH3 is 1. The average Bonchev–Trinajstić information content (AvgIpc) is 3.27. The number of nitrogens with zero attached hydrogens (tertiary/aromatic N) is 1. The van der Waals surface area contributed by atoms with Crippen molar-refractivity contribution in [3.8, 4) is 11.3 Å². The Morgan fingerprint density at radius 1 is 1.00 bits per heavy atom. The molecule has 0 saturated carbocycles. The molecule has 172 valence electrons. The fourth-order valence-electron chi connectivity index (χ4n) is 2.94. The largest absolute Gasteiger partial charge is 0.467 e. The number of hydrogen-bond acceptors (Lipinski definition) is 6. The van der Waals surface area contributed by atoms with Gasteiger partial charge >= 0.3 is 12.0 Å². The second-order valence-electron chi connectivity index (χ2n) is 7.46. The first-order chi connectivity index (χ1) is 15.8. The molecule has 10 heteroatoms. The van der Waals surface area contributed by atoms with Crippen LogP contribution in [0.25, 0.3) is 11.3 Å². The number of rotatable bonds is 7. The zero-order valence-corrected chi connectivity index (χ0v) is 19.0. The van der Waals surface area contributed by atoms with Crippen molar-refractivity contribution in [1.82, 2.24) is 10.5 Å². The summed E-state index contributed by atoms with van der Waals surface area (Å²) in [5, 5.41) is 12.4. The van der Waals surface area contributed by atoms with Gasteiger partial charge in [-0.1, -0.05) is 48.8 Å². The van der Waals surface area contributed by atoms with Crippen LogP contribution in [0.15, 0.2) is 59.1 Å². The summed E-state index contributed by atoms with van der Waals surface area (Å²) in [7, 11) is 1.26. The summed E-state index contributed by atoms with van der Waals surface area (Å²) in [6, 6.07) is 13.9. The van der Waals surface area contributed by atoms with E-state index in [1.807, 2.05) is 0 Å². The predicted molar refractivity (Wildman–Crippen MR) is 124 cm³/mol. The molecule has 33 heavy (non-hydrogen) atoms. The maximum absolute atomic E-state index is 12.5. The smallest absolute Gasteiger partial charge is 0.328 e. The molecule has 0 radical (unpaired) electrons. The molecular formula is C23H23ClN4O5. The van der Waals surface area contributed by atoms with E-state index in [0.717, 1.165) is 0 Å². The molecule has 0 bridgehead atoms. The van der Waals surface area contributed by atoms with Crippen molar-refractivity contribution in [3.05, 3.63) is 65.4 Å². The Morgan fingerprint density at radius 3 is 2.33 bits per heavy atom. The number of urea groups is 1. The van der Waals surface area contributed by atoms with Gasteiger partial charge in [-0.3, -0.25) is 4.79 Å². The van der Waals surface area contributed by atoms with Gasteiger partial charge in [-0.15, -0.1) is 0 Å². The van der Waals surface area contributed by atoms with Gasteiger partial charge in [0.1, 0.15) is 11.7 Å². The third-order valence-electron chi connectivity index (χ3n) is 4.66. The Labute approximate surface area is 195 Å². The minimum absolute atomic E-state index is 0.0392. The van der Waals surface area contributed by atoms with Crippen LogP contribution in [0.1, 0.15) is 24.4 Å². The van der Waals surface area contributed by atoms with Crippen molar-refractivity contribution in [2.75, 3.05) is 17.7 Å². The Morgan fingerprint density at radius 2 is 1.70 bits per heavy atom.